The number of hydrogen-bond acceptors (Lipinski definition) is 7. The third kappa shape index (κ3) is 4.20. The highest BCUT2D eigenvalue weighted by Gasteiger charge is 2.16. The molecule has 0 bridgehead atoms. The second-order valence-electron chi connectivity index (χ2n) is 6.32. The highest BCUT2D eigenvalue weighted by molar-refractivity contribution is 6.14. The normalized spacial score (nSPS) is 15.7. The van der Waals surface area contributed by atoms with Gasteiger partial charge in [-0.25, -0.2) is 4.98 Å². The summed E-state index contributed by atoms with van der Waals surface area (Å²) in [6.45, 7) is 2.95. The Morgan fingerprint density at radius 2 is 2.07 bits per heavy atom. The van der Waals surface area contributed by atoms with Gasteiger partial charge in [0, 0.05) is 55.6 Å². The summed E-state index contributed by atoms with van der Waals surface area (Å²) in [5.41, 5.74) is 9.30. The summed E-state index contributed by atoms with van der Waals surface area (Å²) < 4.78 is 5.39. The Hall–Kier alpha value is -3.06. The van der Waals surface area contributed by atoms with Crippen molar-refractivity contribution >= 4 is 29.6 Å². The lowest BCUT2D eigenvalue weighted by Crippen LogP contribution is -2.36. The summed E-state index contributed by atoms with van der Waals surface area (Å²) in [5, 5.41) is 16.3. The number of ether oxygens (including phenoxy) is 1. The summed E-state index contributed by atoms with van der Waals surface area (Å²) in [7, 11) is 1.68. The van der Waals surface area contributed by atoms with E-state index in [0.717, 1.165) is 30.0 Å². The summed E-state index contributed by atoms with van der Waals surface area (Å²) in [6, 6.07) is 9.25. The minimum Gasteiger partial charge on any atom is -0.398 e. The van der Waals surface area contributed by atoms with Gasteiger partial charge in [-0.2, -0.15) is 0 Å². The Balaban J connectivity index is 1.92. The van der Waals surface area contributed by atoms with Crippen molar-refractivity contribution in [3.05, 3.63) is 53.2 Å². The molecule has 0 radical (unpaired) electrons. The topological polar surface area (TPSA) is 111 Å². The Bertz CT molecular complexity index is 857. The molecule has 0 spiro atoms. The van der Waals surface area contributed by atoms with Crippen LogP contribution in [0.4, 0.5) is 11.5 Å². The number of nitrogens with zero attached hydrogens (tertiary/aromatic N) is 3. The van der Waals surface area contributed by atoms with Gasteiger partial charge < -0.3 is 20.8 Å². The van der Waals surface area contributed by atoms with E-state index in [1.165, 1.54) is 6.21 Å². The fourth-order valence-electron chi connectivity index (χ4n) is 3.08. The number of aliphatic imine (C=N–C) groups is 1. The third-order valence-corrected chi connectivity index (χ3v) is 4.59. The van der Waals surface area contributed by atoms with Crippen LogP contribution in [-0.2, 0) is 4.74 Å². The molecule has 7 nitrogen and oxygen atoms in total. The standard InChI is InChI=1S/C20H24N6O/c1-24-13-16(12-21)14-2-3-18(22)17(10-14)20(23)15-4-5-25-19(11-15)26-6-8-27-9-7-26/h2-5,10-13,16,21,23H,6-9,22H2,1H3. The van der Waals surface area contributed by atoms with Crippen LogP contribution >= 0.6 is 0 Å². The van der Waals surface area contributed by atoms with Gasteiger partial charge in [-0.3, -0.25) is 10.4 Å². The maximum Gasteiger partial charge on any atom is 0.129 e. The number of benzene rings is 1. The van der Waals surface area contributed by atoms with Gasteiger partial charge >= 0.3 is 0 Å². The molecular weight excluding hydrogens is 340 g/mol. The Kier molecular flexibility index (Phi) is 5.93. The van der Waals surface area contributed by atoms with Gasteiger partial charge in [-0.05, 0) is 29.8 Å². The quantitative estimate of drug-likeness (QED) is 0.539. The van der Waals surface area contributed by atoms with Crippen molar-refractivity contribution in [1.82, 2.24) is 4.98 Å². The molecule has 2 aromatic rings. The molecule has 1 atom stereocenters. The minimum atomic E-state index is -0.233. The molecule has 0 saturated carbocycles. The molecule has 1 aliphatic rings. The van der Waals surface area contributed by atoms with Gasteiger partial charge in [-0.1, -0.05) is 6.07 Å². The van der Waals surface area contributed by atoms with Crippen molar-refractivity contribution in [2.24, 2.45) is 4.99 Å². The predicted octanol–water partition coefficient (Wildman–Crippen LogP) is 2.35. The van der Waals surface area contributed by atoms with Crippen LogP contribution < -0.4 is 10.6 Å². The number of rotatable bonds is 6. The summed E-state index contributed by atoms with van der Waals surface area (Å²) >= 11 is 0. The van der Waals surface area contributed by atoms with E-state index in [0.29, 0.717) is 30.2 Å². The molecule has 2 heterocycles. The second kappa shape index (κ2) is 8.55. The van der Waals surface area contributed by atoms with Crippen molar-refractivity contribution in [3.8, 4) is 0 Å². The van der Waals surface area contributed by atoms with Gasteiger partial charge in [0.05, 0.1) is 24.8 Å². The molecule has 3 rings (SSSR count). The molecule has 7 heteroatoms. The van der Waals surface area contributed by atoms with Crippen LogP contribution in [0, 0.1) is 10.8 Å². The van der Waals surface area contributed by atoms with Crippen LogP contribution in [0.15, 0.2) is 41.5 Å². The van der Waals surface area contributed by atoms with Gasteiger partial charge in [0.15, 0.2) is 0 Å². The lowest BCUT2D eigenvalue weighted by Gasteiger charge is -2.28. The molecule has 1 aromatic heterocycles. The van der Waals surface area contributed by atoms with Gasteiger partial charge in [0.25, 0.3) is 0 Å². The van der Waals surface area contributed by atoms with E-state index in [1.807, 2.05) is 24.3 Å². The van der Waals surface area contributed by atoms with E-state index >= 15 is 0 Å². The highest BCUT2D eigenvalue weighted by atomic mass is 16.5. The molecule has 1 fully saturated rings. The first-order valence-electron chi connectivity index (χ1n) is 8.84. The first-order chi connectivity index (χ1) is 13.1. The maximum absolute atomic E-state index is 8.68. The highest BCUT2D eigenvalue weighted by Crippen LogP contribution is 2.23. The zero-order chi connectivity index (χ0) is 19.2. The molecule has 0 aliphatic carbocycles. The molecule has 1 saturated heterocycles. The van der Waals surface area contributed by atoms with Crippen LogP contribution in [0.25, 0.3) is 0 Å². The van der Waals surface area contributed by atoms with Gasteiger partial charge in [-0.15, -0.1) is 0 Å². The van der Waals surface area contributed by atoms with Crippen molar-refractivity contribution in [2.45, 2.75) is 5.92 Å². The number of hydrogen-bond donors (Lipinski definition) is 3. The van der Waals surface area contributed by atoms with E-state index in [9.17, 15) is 0 Å². The lowest BCUT2D eigenvalue weighted by atomic mass is 9.94. The van der Waals surface area contributed by atoms with Gasteiger partial charge in [0.2, 0.25) is 0 Å². The van der Waals surface area contributed by atoms with Crippen LogP contribution in [0.1, 0.15) is 22.6 Å². The largest absolute Gasteiger partial charge is 0.398 e. The third-order valence-electron chi connectivity index (χ3n) is 4.59. The van der Waals surface area contributed by atoms with Crippen LogP contribution in [0.2, 0.25) is 0 Å². The molecule has 4 N–H and O–H groups in total. The van der Waals surface area contributed by atoms with E-state index < -0.39 is 0 Å². The first-order valence-corrected chi connectivity index (χ1v) is 8.84. The smallest absolute Gasteiger partial charge is 0.129 e. The lowest BCUT2D eigenvalue weighted by molar-refractivity contribution is 0.122. The molecule has 1 unspecified atom stereocenters. The summed E-state index contributed by atoms with van der Waals surface area (Å²) in [6.07, 6.45) is 4.75. The Labute approximate surface area is 158 Å². The molecule has 0 amide bonds. The number of nitrogens with one attached hydrogen (secondary N) is 2. The minimum absolute atomic E-state index is 0.233. The van der Waals surface area contributed by atoms with Gasteiger partial charge in [0.1, 0.15) is 5.82 Å². The van der Waals surface area contributed by atoms with Crippen molar-refractivity contribution < 1.29 is 4.74 Å². The second-order valence-corrected chi connectivity index (χ2v) is 6.32. The number of morpholine rings is 1. The number of aromatic nitrogens is 1. The fourth-order valence-corrected chi connectivity index (χ4v) is 3.08. The predicted molar refractivity (Wildman–Crippen MR) is 110 cm³/mol. The van der Waals surface area contributed by atoms with Crippen molar-refractivity contribution in [1.29, 1.82) is 10.8 Å². The number of nitrogen functional groups attached to an aromatic ring is 1. The monoisotopic (exact) mass is 364 g/mol. The number of nitrogens with two attached hydrogens (primary N) is 1. The maximum atomic E-state index is 8.68. The average Bonchev–Trinajstić information content (AvgIpc) is 2.73. The van der Waals surface area contributed by atoms with E-state index in [-0.39, 0.29) is 5.92 Å². The van der Waals surface area contributed by atoms with Crippen molar-refractivity contribution in [3.63, 3.8) is 0 Å². The Morgan fingerprint density at radius 3 is 2.78 bits per heavy atom. The van der Waals surface area contributed by atoms with E-state index in [2.05, 4.69) is 14.9 Å². The average molecular weight is 364 g/mol. The van der Waals surface area contributed by atoms with Crippen molar-refractivity contribution in [2.75, 3.05) is 44.0 Å². The van der Waals surface area contributed by atoms with E-state index in [4.69, 9.17) is 21.3 Å². The zero-order valence-electron chi connectivity index (χ0n) is 15.4. The number of pyridine rings is 1. The van der Waals surface area contributed by atoms with Crippen LogP contribution in [-0.4, -0.2) is 56.5 Å². The first kappa shape index (κ1) is 18.7. The van der Waals surface area contributed by atoms with Crippen LogP contribution in [0.5, 0.6) is 0 Å². The summed E-state index contributed by atoms with van der Waals surface area (Å²) in [5.74, 6) is 0.606. The molecule has 1 aromatic carbocycles. The molecular formula is C20H24N6O. The summed E-state index contributed by atoms with van der Waals surface area (Å²) in [4.78, 5) is 10.6. The van der Waals surface area contributed by atoms with Crippen LogP contribution in [0.3, 0.4) is 0 Å². The molecule has 1 aliphatic heterocycles. The fraction of sp³-hybridized carbons (Fsp3) is 0.300. The zero-order valence-corrected chi connectivity index (χ0v) is 15.4. The number of anilines is 2. The molecule has 140 valence electrons. The van der Waals surface area contributed by atoms with E-state index in [1.54, 1.807) is 25.5 Å². The SMILES string of the molecule is CN=CC(C=N)c1ccc(N)c(C(=N)c2ccnc(N3CCOCC3)c2)c1. The molecule has 27 heavy (non-hydrogen) atoms. The Morgan fingerprint density at radius 1 is 1.30 bits per heavy atom.